The maximum Gasteiger partial charge on any atom is 0.294 e. The summed E-state index contributed by atoms with van der Waals surface area (Å²) in [6, 6.07) is 7.65. The highest BCUT2D eigenvalue weighted by atomic mass is 35.5. The molecule has 0 aromatic heterocycles. The minimum atomic E-state index is -0.617. The number of hydrogen-bond acceptors (Lipinski definition) is 8. The van der Waals surface area contributed by atoms with E-state index >= 15 is 0 Å². The maximum absolute atomic E-state index is 12.7. The zero-order valence-corrected chi connectivity index (χ0v) is 18.9. The van der Waals surface area contributed by atoms with Crippen molar-refractivity contribution in [2.75, 3.05) is 33.2 Å². The lowest BCUT2D eigenvalue weighted by molar-refractivity contribution is -0.127. The normalized spacial score (nSPS) is 14.6. The Bertz CT molecular complexity index is 1090. The van der Waals surface area contributed by atoms with Gasteiger partial charge < -0.3 is 24.6 Å². The molecule has 2 aromatic carbocycles. The van der Waals surface area contributed by atoms with Crippen LogP contribution in [-0.2, 0) is 9.59 Å². The van der Waals surface area contributed by atoms with Gasteiger partial charge in [-0.1, -0.05) is 11.6 Å². The summed E-state index contributed by atoms with van der Waals surface area (Å²) in [5.41, 5.74) is 0.867. The lowest BCUT2D eigenvalue weighted by Gasteiger charge is -2.13. The summed E-state index contributed by atoms with van der Waals surface area (Å²) < 4.78 is 15.2. The molecule has 0 unspecified atom stereocenters. The number of rotatable bonds is 7. The van der Waals surface area contributed by atoms with Crippen LogP contribution in [0, 0.1) is 0 Å². The van der Waals surface area contributed by atoms with Gasteiger partial charge in [0.15, 0.2) is 11.5 Å². The SMILES string of the molecule is COc1ccc(NC(=O)CN2C(=O)SC(=Cc3cc(OC)c(O)c(OC)c3)C2=O)cc1Cl. The van der Waals surface area contributed by atoms with Crippen LogP contribution >= 0.6 is 23.4 Å². The number of methoxy groups -OCH3 is 3. The third-order valence-electron chi connectivity index (χ3n) is 4.41. The van der Waals surface area contributed by atoms with Crippen molar-refractivity contribution < 1.29 is 33.7 Å². The molecule has 3 amide bonds. The topological polar surface area (TPSA) is 114 Å². The molecule has 1 saturated heterocycles. The largest absolute Gasteiger partial charge is 0.502 e. The Morgan fingerprint density at radius 3 is 2.28 bits per heavy atom. The number of benzene rings is 2. The van der Waals surface area contributed by atoms with Crippen LogP contribution in [0.2, 0.25) is 5.02 Å². The molecule has 0 atom stereocenters. The quantitative estimate of drug-likeness (QED) is 0.578. The summed E-state index contributed by atoms with van der Waals surface area (Å²) in [4.78, 5) is 38.4. The van der Waals surface area contributed by atoms with Crippen LogP contribution in [0.5, 0.6) is 23.0 Å². The predicted molar refractivity (Wildman–Crippen MR) is 121 cm³/mol. The molecule has 11 heteroatoms. The number of halogens is 1. The Morgan fingerprint density at radius 2 is 1.72 bits per heavy atom. The molecule has 1 heterocycles. The van der Waals surface area contributed by atoms with Crippen LogP contribution < -0.4 is 19.5 Å². The van der Waals surface area contributed by atoms with Gasteiger partial charge in [-0.2, -0.15) is 0 Å². The maximum atomic E-state index is 12.7. The van der Waals surface area contributed by atoms with E-state index in [1.807, 2.05) is 0 Å². The first-order valence-corrected chi connectivity index (χ1v) is 10.3. The molecule has 1 aliphatic rings. The number of hydrogen-bond donors (Lipinski definition) is 2. The highest BCUT2D eigenvalue weighted by molar-refractivity contribution is 8.18. The number of carbonyl (C=O) groups is 3. The van der Waals surface area contributed by atoms with Gasteiger partial charge in [-0.3, -0.25) is 19.3 Å². The van der Waals surface area contributed by atoms with E-state index in [0.717, 1.165) is 4.90 Å². The number of amides is 3. The Labute approximate surface area is 192 Å². The van der Waals surface area contributed by atoms with E-state index in [9.17, 15) is 19.5 Å². The zero-order chi connectivity index (χ0) is 23.4. The monoisotopic (exact) mass is 478 g/mol. The van der Waals surface area contributed by atoms with E-state index in [1.165, 1.54) is 45.6 Å². The van der Waals surface area contributed by atoms with Crippen LogP contribution in [0.3, 0.4) is 0 Å². The molecule has 0 radical (unpaired) electrons. The summed E-state index contributed by atoms with van der Waals surface area (Å²) >= 11 is 6.74. The second-order valence-electron chi connectivity index (χ2n) is 6.44. The fourth-order valence-electron chi connectivity index (χ4n) is 2.87. The van der Waals surface area contributed by atoms with Crippen molar-refractivity contribution in [1.82, 2.24) is 4.90 Å². The molecule has 3 rings (SSSR count). The van der Waals surface area contributed by atoms with Gasteiger partial charge in [0, 0.05) is 5.69 Å². The first kappa shape index (κ1) is 23.3. The van der Waals surface area contributed by atoms with Crippen molar-refractivity contribution in [3.05, 3.63) is 45.8 Å². The van der Waals surface area contributed by atoms with Gasteiger partial charge in [0.1, 0.15) is 12.3 Å². The van der Waals surface area contributed by atoms with Crippen molar-refractivity contribution in [2.45, 2.75) is 0 Å². The van der Waals surface area contributed by atoms with Gasteiger partial charge in [-0.25, -0.2) is 0 Å². The second kappa shape index (κ2) is 9.84. The standard InChI is InChI=1S/C21H19ClN2O7S/c1-29-14-5-4-12(9-13(14)22)23-18(25)10-24-20(27)17(32-21(24)28)8-11-6-15(30-2)19(26)16(7-11)31-3/h4-9,26H,10H2,1-3H3,(H,23,25). The Kier molecular flexibility index (Phi) is 7.16. The number of nitrogens with one attached hydrogen (secondary N) is 1. The minimum Gasteiger partial charge on any atom is -0.502 e. The summed E-state index contributed by atoms with van der Waals surface area (Å²) in [5.74, 6) is -0.629. The van der Waals surface area contributed by atoms with Gasteiger partial charge in [-0.15, -0.1) is 0 Å². The predicted octanol–water partition coefficient (Wildman–Crippen LogP) is 3.75. The van der Waals surface area contributed by atoms with E-state index in [2.05, 4.69) is 5.32 Å². The van der Waals surface area contributed by atoms with Gasteiger partial charge in [0.2, 0.25) is 11.7 Å². The number of phenolic OH excluding ortho intramolecular Hbond substituents is 1. The van der Waals surface area contributed by atoms with Gasteiger partial charge in [0.05, 0.1) is 31.3 Å². The van der Waals surface area contributed by atoms with Crippen molar-refractivity contribution in [2.24, 2.45) is 0 Å². The number of phenols is 1. The second-order valence-corrected chi connectivity index (χ2v) is 7.84. The molecule has 0 bridgehead atoms. The molecule has 9 nitrogen and oxygen atoms in total. The van der Waals surface area contributed by atoms with Crippen LogP contribution in [0.1, 0.15) is 5.56 Å². The first-order chi connectivity index (χ1) is 15.3. The summed E-state index contributed by atoms with van der Waals surface area (Å²) in [6.45, 7) is -0.464. The fraction of sp³-hybridized carbons (Fsp3) is 0.190. The average Bonchev–Trinajstić information content (AvgIpc) is 3.02. The number of thioether (sulfide) groups is 1. The molecule has 2 aromatic rings. The van der Waals surface area contributed by atoms with Crippen molar-refractivity contribution in [1.29, 1.82) is 0 Å². The first-order valence-electron chi connectivity index (χ1n) is 9.11. The Morgan fingerprint density at radius 1 is 1.09 bits per heavy atom. The zero-order valence-electron chi connectivity index (χ0n) is 17.3. The van der Waals surface area contributed by atoms with Crippen LogP contribution in [0.4, 0.5) is 10.5 Å². The number of aromatic hydroxyl groups is 1. The Balaban J connectivity index is 1.74. The molecule has 0 aliphatic carbocycles. The molecule has 32 heavy (non-hydrogen) atoms. The number of ether oxygens (including phenoxy) is 3. The molecule has 0 saturated carbocycles. The van der Waals surface area contributed by atoms with Gasteiger partial charge >= 0.3 is 0 Å². The fourth-order valence-corrected chi connectivity index (χ4v) is 3.97. The van der Waals surface area contributed by atoms with Gasteiger partial charge in [-0.05, 0) is 53.7 Å². The van der Waals surface area contributed by atoms with Crippen molar-refractivity contribution in [3.8, 4) is 23.0 Å². The van der Waals surface area contributed by atoms with Crippen LogP contribution in [0.25, 0.3) is 6.08 Å². The summed E-state index contributed by atoms with van der Waals surface area (Å²) in [7, 11) is 4.22. The van der Waals surface area contributed by atoms with E-state index in [1.54, 1.807) is 12.1 Å². The number of anilines is 1. The number of imide groups is 1. The smallest absolute Gasteiger partial charge is 0.294 e. The highest BCUT2D eigenvalue weighted by Gasteiger charge is 2.36. The third-order valence-corrected chi connectivity index (χ3v) is 5.61. The lowest BCUT2D eigenvalue weighted by atomic mass is 10.1. The Hall–Kier alpha value is -3.37. The molecule has 2 N–H and O–H groups in total. The lowest BCUT2D eigenvalue weighted by Crippen LogP contribution is -2.36. The van der Waals surface area contributed by atoms with E-state index < -0.39 is 23.6 Å². The van der Waals surface area contributed by atoms with Crippen LogP contribution in [0.15, 0.2) is 35.2 Å². The van der Waals surface area contributed by atoms with E-state index in [4.69, 9.17) is 25.8 Å². The molecular formula is C21H19ClN2O7S. The number of nitrogens with zero attached hydrogens (tertiary/aromatic N) is 1. The molecule has 1 aliphatic heterocycles. The molecular weight excluding hydrogens is 460 g/mol. The molecule has 1 fully saturated rings. The minimum absolute atomic E-state index is 0.116. The van der Waals surface area contributed by atoms with Gasteiger partial charge in [0.25, 0.3) is 11.1 Å². The van der Waals surface area contributed by atoms with Crippen LogP contribution in [-0.4, -0.2) is 54.9 Å². The van der Waals surface area contributed by atoms with Crippen molar-refractivity contribution >= 4 is 52.2 Å². The average molecular weight is 479 g/mol. The molecule has 0 spiro atoms. The van der Waals surface area contributed by atoms with E-state index in [-0.39, 0.29) is 22.2 Å². The van der Waals surface area contributed by atoms with E-state index in [0.29, 0.717) is 33.8 Å². The highest BCUT2D eigenvalue weighted by Crippen LogP contribution is 2.39. The summed E-state index contributed by atoms with van der Waals surface area (Å²) in [5, 5.41) is 12.3. The summed E-state index contributed by atoms with van der Waals surface area (Å²) in [6.07, 6.45) is 1.45. The van der Waals surface area contributed by atoms with Crippen molar-refractivity contribution in [3.63, 3.8) is 0 Å². The molecule has 168 valence electrons. The third kappa shape index (κ3) is 4.92. The number of carbonyl (C=O) groups excluding carboxylic acids is 3.